The van der Waals surface area contributed by atoms with Crippen molar-refractivity contribution in [3.8, 4) is 0 Å². The maximum Gasteiger partial charge on any atom is 0.269 e. The first-order valence-corrected chi connectivity index (χ1v) is 10.4. The van der Waals surface area contributed by atoms with E-state index in [4.69, 9.17) is 0 Å². The number of hydrogen-bond donors (Lipinski definition) is 2. The number of amides is 2. The van der Waals surface area contributed by atoms with Gasteiger partial charge in [0.25, 0.3) is 5.69 Å². The van der Waals surface area contributed by atoms with Gasteiger partial charge in [0.1, 0.15) is 6.04 Å². The molecule has 2 N–H and O–H groups in total. The number of carbonyl (C=O) groups excluding carboxylic acids is 2. The third-order valence-corrected chi connectivity index (χ3v) is 5.10. The summed E-state index contributed by atoms with van der Waals surface area (Å²) < 4.78 is 0. The Labute approximate surface area is 186 Å². The highest BCUT2D eigenvalue weighted by molar-refractivity contribution is 5.92. The molecule has 0 radical (unpaired) electrons. The van der Waals surface area contributed by atoms with Gasteiger partial charge in [-0.3, -0.25) is 19.7 Å². The number of carbonyl (C=O) groups is 2. The van der Waals surface area contributed by atoms with E-state index in [1.165, 1.54) is 12.1 Å². The molecule has 0 unspecified atom stereocenters. The summed E-state index contributed by atoms with van der Waals surface area (Å²) in [7, 11) is 0. The first-order valence-electron chi connectivity index (χ1n) is 10.4. The predicted molar refractivity (Wildman–Crippen MR) is 122 cm³/mol. The summed E-state index contributed by atoms with van der Waals surface area (Å²) in [6.07, 6.45) is 0.214. The second-order valence-corrected chi connectivity index (χ2v) is 7.34. The fourth-order valence-corrected chi connectivity index (χ4v) is 3.54. The predicted octanol–water partition coefficient (Wildman–Crippen LogP) is 3.59. The second kappa shape index (κ2) is 10.9. The third kappa shape index (κ3) is 5.78. The number of nitro groups is 1. The molecule has 0 heterocycles. The van der Waals surface area contributed by atoms with Crippen molar-refractivity contribution in [3.63, 3.8) is 0 Å². The van der Waals surface area contributed by atoms with Crippen LogP contribution >= 0.6 is 0 Å². The molecule has 3 rings (SSSR count). The Bertz CT molecular complexity index is 1010. The number of rotatable bonds is 9. The van der Waals surface area contributed by atoms with Crippen molar-refractivity contribution in [2.75, 3.05) is 6.54 Å². The van der Waals surface area contributed by atoms with E-state index in [0.717, 1.165) is 11.1 Å². The highest BCUT2D eigenvalue weighted by atomic mass is 16.6. The number of nitrogens with one attached hydrogen (secondary N) is 2. The molecule has 7 nitrogen and oxygen atoms in total. The highest BCUT2D eigenvalue weighted by Gasteiger charge is 2.28. The SMILES string of the molecule is CCNC(=O)[C@@H](Cc1ccc([N+](=O)[O-])cc1)NC(=O)C(c1ccccc1)c1ccccc1. The van der Waals surface area contributed by atoms with Crippen LogP contribution in [0.15, 0.2) is 84.9 Å². The Kier molecular flexibility index (Phi) is 7.70. The van der Waals surface area contributed by atoms with E-state index in [1.54, 1.807) is 19.1 Å². The van der Waals surface area contributed by atoms with Crippen LogP contribution < -0.4 is 10.6 Å². The van der Waals surface area contributed by atoms with Crippen LogP contribution in [0.4, 0.5) is 5.69 Å². The summed E-state index contributed by atoms with van der Waals surface area (Å²) in [4.78, 5) is 36.6. The zero-order chi connectivity index (χ0) is 22.9. The van der Waals surface area contributed by atoms with E-state index in [-0.39, 0.29) is 23.9 Å². The summed E-state index contributed by atoms with van der Waals surface area (Å²) >= 11 is 0. The van der Waals surface area contributed by atoms with Crippen molar-refractivity contribution in [3.05, 3.63) is 112 Å². The maximum atomic E-state index is 13.4. The normalized spacial score (nSPS) is 11.6. The van der Waals surface area contributed by atoms with Crippen LogP contribution in [0, 0.1) is 10.1 Å². The molecular weight excluding hydrogens is 406 g/mol. The van der Waals surface area contributed by atoms with Gasteiger partial charge in [0.05, 0.1) is 10.8 Å². The van der Waals surface area contributed by atoms with E-state index in [0.29, 0.717) is 12.1 Å². The molecule has 32 heavy (non-hydrogen) atoms. The summed E-state index contributed by atoms with van der Waals surface area (Å²) in [5.41, 5.74) is 2.33. The Morgan fingerprint density at radius 1 is 0.844 bits per heavy atom. The van der Waals surface area contributed by atoms with Crippen LogP contribution in [0.3, 0.4) is 0 Å². The minimum Gasteiger partial charge on any atom is -0.355 e. The van der Waals surface area contributed by atoms with Crippen molar-refractivity contribution in [2.45, 2.75) is 25.3 Å². The molecule has 7 heteroatoms. The molecule has 0 bridgehead atoms. The molecule has 1 atom stereocenters. The number of hydrogen-bond acceptors (Lipinski definition) is 4. The van der Waals surface area contributed by atoms with Gasteiger partial charge in [-0.25, -0.2) is 0 Å². The molecule has 3 aromatic carbocycles. The van der Waals surface area contributed by atoms with Crippen molar-refractivity contribution >= 4 is 17.5 Å². The van der Waals surface area contributed by atoms with E-state index in [2.05, 4.69) is 10.6 Å². The van der Waals surface area contributed by atoms with Crippen LogP contribution in [0.25, 0.3) is 0 Å². The Morgan fingerprint density at radius 2 is 1.38 bits per heavy atom. The van der Waals surface area contributed by atoms with Gasteiger partial charge in [-0.2, -0.15) is 0 Å². The monoisotopic (exact) mass is 431 g/mol. The molecule has 3 aromatic rings. The molecule has 0 spiro atoms. The topological polar surface area (TPSA) is 101 Å². The first kappa shape index (κ1) is 22.7. The largest absolute Gasteiger partial charge is 0.355 e. The van der Waals surface area contributed by atoms with Gasteiger partial charge >= 0.3 is 0 Å². The quantitative estimate of drug-likeness (QED) is 0.399. The molecule has 164 valence electrons. The molecule has 0 aromatic heterocycles. The molecule has 0 aliphatic rings. The van der Waals surface area contributed by atoms with Crippen LogP contribution in [-0.2, 0) is 16.0 Å². The number of nitro benzene ring substituents is 1. The average Bonchev–Trinajstić information content (AvgIpc) is 2.81. The fraction of sp³-hybridized carbons (Fsp3) is 0.200. The van der Waals surface area contributed by atoms with Gasteiger partial charge in [-0.05, 0) is 23.6 Å². The number of non-ortho nitro benzene ring substituents is 1. The third-order valence-electron chi connectivity index (χ3n) is 5.10. The molecule has 0 fully saturated rings. The zero-order valence-electron chi connectivity index (χ0n) is 17.7. The Balaban J connectivity index is 1.86. The maximum absolute atomic E-state index is 13.4. The Hall–Kier alpha value is -4.00. The van der Waals surface area contributed by atoms with Crippen LogP contribution in [0.5, 0.6) is 0 Å². The molecule has 2 amide bonds. The van der Waals surface area contributed by atoms with E-state index >= 15 is 0 Å². The van der Waals surface area contributed by atoms with Gasteiger partial charge in [0.15, 0.2) is 0 Å². The fourth-order valence-electron chi connectivity index (χ4n) is 3.54. The molecule has 0 saturated heterocycles. The van der Waals surface area contributed by atoms with Crippen LogP contribution in [0.1, 0.15) is 29.5 Å². The zero-order valence-corrected chi connectivity index (χ0v) is 17.7. The Morgan fingerprint density at radius 3 is 1.84 bits per heavy atom. The average molecular weight is 431 g/mol. The van der Waals surface area contributed by atoms with Crippen LogP contribution in [0.2, 0.25) is 0 Å². The lowest BCUT2D eigenvalue weighted by Crippen LogP contribution is -2.49. The van der Waals surface area contributed by atoms with Crippen molar-refractivity contribution in [2.24, 2.45) is 0 Å². The number of benzene rings is 3. The van der Waals surface area contributed by atoms with Gasteiger partial charge in [0, 0.05) is 25.1 Å². The van der Waals surface area contributed by atoms with Crippen LogP contribution in [-0.4, -0.2) is 29.3 Å². The molecular formula is C25H25N3O4. The lowest BCUT2D eigenvalue weighted by atomic mass is 9.90. The standard InChI is InChI=1S/C25H25N3O4/c1-2-26-24(29)22(17-18-13-15-21(16-14-18)28(31)32)27-25(30)23(19-9-5-3-6-10-19)20-11-7-4-8-12-20/h3-16,22-23H,2,17H2,1H3,(H,26,29)(H,27,30)/t22-/m1/s1. The summed E-state index contributed by atoms with van der Waals surface area (Å²) in [5, 5.41) is 16.6. The number of likely N-dealkylation sites (N-methyl/N-ethyl adjacent to an activating group) is 1. The van der Waals surface area contributed by atoms with Crippen molar-refractivity contribution in [1.82, 2.24) is 10.6 Å². The summed E-state index contributed by atoms with van der Waals surface area (Å²) in [6.45, 7) is 2.23. The van der Waals surface area contributed by atoms with E-state index in [9.17, 15) is 19.7 Å². The van der Waals surface area contributed by atoms with Crippen molar-refractivity contribution in [1.29, 1.82) is 0 Å². The van der Waals surface area contributed by atoms with Gasteiger partial charge in [-0.1, -0.05) is 72.8 Å². The minimum absolute atomic E-state index is 0.0273. The molecule has 0 saturated carbocycles. The summed E-state index contributed by atoms with van der Waals surface area (Å²) in [6, 6.07) is 24.0. The lowest BCUT2D eigenvalue weighted by Gasteiger charge is -2.23. The van der Waals surface area contributed by atoms with Gasteiger partial charge in [0.2, 0.25) is 11.8 Å². The summed E-state index contributed by atoms with van der Waals surface area (Å²) in [5.74, 6) is -1.18. The second-order valence-electron chi connectivity index (χ2n) is 7.34. The lowest BCUT2D eigenvalue weighted by molar-refractivity contribution is -0.384. The number of nitrogens with zero attached hydrogens (tertiary/aromatic N) is 1. The smallest absolute Gasteiger partial charge is 0.269 e. The van der Waals surface area contributed by atoms with Crippen molar-refractivity contribution < 1.29 is 14.5 Å². The van der Waals surface area contributed by atoms with E-state index < -0.39 is 16.9 Å². The minimum atomic E-state index is -0.821. The van der Waals surface area contributed by atoms with Gasteiger partial charge in [-0.15, -0.1) is 0 Å². The highest BCUT2D eigenvalue weighted by Crippen LogP contribution is 2.25. The van der Waals surface area contributed by atoms with Gasteiger partial charge < -0.3 is 10.6 Å². The van der Waals surface area contributed by atoms with E-state index in [1.807, 2.05) is 60.7 Å². The first-order chi connectivity index (χ1) is 15.5. The molecule has 0 aliphatic heterocycles. The molecule has 0 aliphatic carbocycles.